The molecule has 0 bridgehead atoms. The number of hydrogen-bond donors (Lipinski definition) is 1. The van der Waals surface area contributed by atoms with E-state index < -0.39 is 0 Å². The van der Waals surface area contributed by atoms with Gasteiger partial charge in [0, 0.05) is 17.5 Å². The highest BCUT2D eigenvalue weighted by Crippen LogP contribution is 2.53. The zero-order chi connectivity index (χ0) is 11.7. The Morgan fingerprint density at radius 3 is 2.59 bits per heavy atom. The van der Waals surface area contributed by atoms with Crippen LogP contribution in [0.1, 0.15) is 54.1 Å². The smallest absolute Gasteiger partial charge is 0.251 e. The lowest BCUT2D eigenvalue weighted by Gasteiger charge is -2.27. The molecule has 0 radical (unpaired) electrons. The van der Waals surface area contributed by atoms with Crippen molar-refractivity contribution in [3.05, 3.63) is 34.9 Å². The summed E-state index contributed by atoms with van der Waals surface area (Å²) < 4.78 is 0. The van der Waals surface area contributed by atoms with Gasteiger partial charge in [-0.05, 0) is 48.3 Å². The van der Waals surface area contributed by atoms with Crippen molar-refractivity contribution in [2.45, 2.75) is 43.4 Å². The lowest BCUT2D eigenvalue weighted by atomic mass is 9.84. The van der Waals surface area contributed by atoms with Crippen LogP contribution in [0.15, 0.2) is 18.2 Å². The summed E-state index contributed by atoms with van der Waals surface area (Å²) in [4.78, 5) is 11.9. The number of benzene rings is 1. The molecule has 2 heteroatoms. The van der Waals surface area contributed by atoms with Gasteiger partial charge in [-0.15, -0.1) is 0 Å². The highest BCUT2D eigenvalue weighted by atomic mass is 16.1. The van der Waals surface area contributed by atoms with E-state index in [1.54, 1.807) is 0 Å². The first kappa shape index (κ1) is 9.69. The minimum Gasteiger partial charge on any atom is -0.351 e. The molecule has 2 aliphatic carbocycles. The van der Waals surface area contributed by atoms with Crippen LogP contribution in [-0.4, -0.2) is 12.5 Å². The van der Waals surface area contributed by atoms with E-state index in [-0.39, 0.29) is 5.91 Å². The van der Waals surface area contributed by atoms with Gasteiger partial charge in [0.15, 0.2) is 0 Å². The Bertz CT molecular complexity index is 524. The highest BCUT2D eigenvalue weighted by molar-refractivity contribution is 5.97. The summed E-state index contributed by atoms with van der Waals surface area (Å²) in [6, 6.07) is 6.53. The summed E-state index contributed by atoms with van der Waals surface area (Å²) >= 11 is 0. The van der Waals surface area contributed by atoms with Crippen LogP contribution in [0.3, 0.4) is 0 Å². The molecule has 0 atom stereocenters. The fourth-order valence-electron chi connectivity index (χ4n) is 3.07. The summed E-state index contributed by atoms with van der Waals surface area (Å²) in [7, 11) is 0. The van der Waals surface area contributed by atoms with Gasteiger partial charge >= 0.3 is 0 Å². The van der Waals surface area contributed by atoms with Gasteiger partial charge in [-0.2, -0.15) is 0 Å². The Hall–Kier alpha value is -1.31. The molecular formula is C15H17NO. The second kappa shape index (κ2) is 2.74. The Balaban J connectivity index is 1.88. The van der Waals surface area contributed by atoms with E-state index in [2.05, 4.69) is 24.4 Å². The molecule has 3 aliphatic rings. The van der Waals surface area contributed by atoms with Gasteiger partial charge in [0.25, 0.3) is 5.91 Å². The lowest BCUT2D eigenvalue weighted by molar-refractivity contribution is 0.0937. The van der Waals surface area contributed by atoms with Gasteiger partial charge in [0.1, 0.15) is 0 Å². The number of nitrogens with one attached hydrogen (secondary N) is 1. The number of carbonyl (C=O) groups excluding carboxylic acids is 1. The zero-order valence-electron chi connectivity index (χ0n) is 10.2. The van der Waals surface area contributed by atoms with Crippen molar-refractivity contribution in [1.82, 2.24) is 5.32 Å². The second-order valence-electron chi connectivity index (χ2n) is 6.28. The zero-order valence-corrected chi connectivity index (χ0v) is 10.2. The molecule has 1 N–H and O–H groups in total. The molecule has 1 aromatic rings. The van der Waals surface area contributed by atoms with Crippen molar-refractivity contribution in [1.29, 1.82) is 0 Å². The molecule has 88 valence electrons. The molecule has 2 fully saturated rings. The van der Waals surface area contributed by atoms with Crippen molar-refractivity contribution in [3.8, 4) is 0 Å². The third-order valence-corrected chi connectivity index (χ3v) is 4.97. The van der Waals surface area contributed by atoms with Gasteiger partial charge < -0.3 is 5.32 Å². The first-order valence-electron chi connectivity index (χ1n) is 6.56. The number of fused-ring (bicyclic) bond motifs is 2. The lowest BCUT2D eigenvalue weighted by Crippen LogP contribution is -2.39. The van der Waals surface area contributed by atoms with E-state index in [1.807, 2.05) is 6.07 Å². The van der Waals surface area contributed by atoms with E-state index in [0.717, 1.165) is 12.1 Å². The summed E-state index contributed by atoms with van der Waals surface area (Å²) in [6.45, 7) is 3.18. The topological polar surface area (TPSA) is 29.1 Å². The third-order valence-electron chi connectivity index (χ3n) is 4.97. The summed E-state index contributed by atoms with van der Waals surface area (Å²) in [5, 5.41) is 3.03. The maximum Gasteiger partial charge on any atom is 0.251 e. The summed E-state index contributed by atoms with van der Waals surface area (Å²) in [6.07, 6.45) is 5.07. The van der Waals surface area contributed by atoms with E-state index in [1.165, 1.54) is 36.8 Å². The Kier molecular flexibility index (Phi) is 1.56. The molecule has 0 aromatic heterocycles. The van der Waals surface area contributed by atoms with Crippen LogP contribution in [0, 0.1) is 0 Å². The van der Waals surface area contributed by atoms with E-state index in [0.29, 0.717) is 10.8 Å². The van der Waals surface area contributed by atoms with Crippen LogP contribution >= 0.6 is 0 Å². The van der Waals surface area contributed by atoms with Crippen LogP contribution < -0.4 is 5.32 Å². The maximum atomic E-state index is 11.9. The first-order chi connectivity index (χ1) is 8.13. The van der Waals surface area contributed by atoms with E-state index >= 15 is 0 Å². The summed E-state index contributed by atoms with van der Waals surface area (Å²) in [5.41, 5.74) is 4.38. The molecule has 2 nitrogen and oxygen atoms in total. The number of rotatable bonds is 1. The van der Waals surface area contributed by atoms with Crippen LogP contribution in [0.25, 0.3) is 0 Å². The van der Waals surface area contributed by atoms with Crippen LogP contribution in [0.2, 0.25) is 0 Å². The van der Waals surface area contributed by atoms with Gasteiger partial charge in [-0.1, -0.05) is 19.1 Å². The Labute approximate surface area is 101 Å². The molecule has 4 rings (SSSR count). The average molecular weight is 227 g/mol. The van der Waals surface area contributed by atoms with Gasteiger partial charge in [-0.3, -0.25) is 4.79 Å². The minimum absolute atomic E-state index is 0.116. The SMILES string of the molecule is CC1(c2ccc3c(c2)C2(CC2)CNC3=O)CC1. The van der Waals surface area contributed by atoms with Crippen molar-refractivity contribution >= 4 is 5.91 Å². The van der Waals surface area contributed by atoms with Gasteiger partial charge in [0.05, 0.1) is 0 Å². The number of hydrogen-bond acceptors (Lipinski definition) is 1. The molecule has 0 saturated heterocycles. The fraction of sp³-hybridized carbons (Fsp3) is 0.533. The molecule has 1 aromatic carbocycles. The Morgan fingerprint density at radius 1 is 1.18 bits per heavy atom. The number of carbonyl (C=O) groups is 1. The quantitative estimate of drug-likeness (QED) is 0.784. The van der Waals surface area contributed by atoms with Crippen molar-refractivity contribution in [2.75, 3.05) is 6.54 Å². The molecule has 2 saturated carbocycles. The van der Waals surface area contributed by atoms with E-state index in [4.69, 9.17) is 0 Å². The predicted octanol–water partition coefficient (Wildman–Crippen LogP) is 2.51. The summed E-state index contributed by atoms with van der Waals surface area (Å²) in [5.74, 6) is 0.116. The second-order valence-corrected chi connectivity index (χ2v) is 6.28. The highest BCUT2D eigenvalue weighted by Gasteiger charge is 2.50. The minimum atomic E-state index is 0.116. The van der Waals surface area contributed by atoms with Crippen LogP contribution in [-0.2, 0) is 10.8 Å². The normalized spacial score (nSPS) is 26.3. The van der Waals surface area contributed by atoms with Crippen molar-refractivity contribution < 1.29 is 4.79 Å². The van der Waals surface area contributed by atoms with Gasteiger partial charge in [-0.25, -0.2) is 0 Å². The molecule has 1 aliphatic heterocycles. The molecule has 17 heavy (non-hydrogen) atoms. The fourth-order valence-corrected chi connectivity index (χ4v) is 3.07. The van der Waals surface area contributed by atoms with Crippen LogP contribution in [0.5, 0.6) is 0 Å². The molecule has 1 heterocycles. The van der Waals surface area contributed by atoms with Crippen molar-refractivity contribution in [3.63, 3.8) is 0 Å². The standard InChI is InChI=1S/C15H17NO/c1-14(4-5-14)10-2-3-11-12(8-10)15(6-7-15)9-16-13(11)17/h2-3,8H,4-7,9H2,1H3,(H,16,17). The van der Waals surface area contributed by atoms with Crippen LogP contribution in [0.4, 0.5) is 0 Å². The molecular weight excluding hydrogens is 210 g/mol. The van der Waals surface area contributed by atoms with E-state index in [9.17, 15) is 4.79 Å². The third kappa shape index (κ3) is 1.24. The average Bonchev–Trinajstić information content (AvgIpc) is 3.23. The van der Waals surface area contributed by atoms with Gasteiger partial charge in [0.2, 0.25) is 0 Å². The molecule has 1 spiro atoms. The predicted molar refractivity (Wildman–Crippen MR) is 66.3 cm³/mol. The monoisotopic (exact) mass is 227 g/mol. The first-order valence-corrected chi connectivity index (χ1v) is 6.56. The Morgan fingerprint density at radius 2 is 1.94 bits per heavy atom. The van der Waals surface area contributed by atoms with Crippen molar-refractivity contribution in [2.24, 2.45) is 0 Å². The maximum absolute atomic E-state index is 11.9. The largest absolute Gasteiger partial charge is 0.351 e. The molecule has 0 unspecified atom stereocenters. The number of amides is 1. The molecule has 1 amide bonds.